The molecule has 2 heterocycles. The van der Waals surface area contributed by atoms with Gasteiger partial charge in [-0.15, -0.1) is 0 Å². The van der Waals surface area contributed by atoms with E-state index < -0.39 is 0 Å². The highest BCUT2D eigenvalue weighted by Crippen LogP contribution is 2.42. The highest BCUT2D eigenvalue weighted by molar-refractivity contribution is 6.37. The number of methoxy groups -OCH3 is 2. The topological polar surface area (TPSA) is 36.5 Å². The van der Waals surface area contributed by atoms with E-state index in [2.05, 4.69) is 98.1 Å². The average Bonchev–Trinajstić information content (AvgIpc) is 3.53. The van der Waals surface area contributed by atoms with Crippen molar-refractivity contribution in [2.75, 3.05) is 14.2 Å². The molecule has 0 N–H and O–H groups in total. The maximum Gasteiger partial charge on any atom is 0.139 e. The van der Waals surface area contributed by atoms with Crippen molar-refractivity contribution >= 4 is 66.1 Å². The first-order valence-corrected chi connectivity index (χ1v) is 15.0. The van der Waals surface area contributed by atoms with Crippen LogP contribution >= 0.6 is 11.6 Å². The summed E-state index contributed by atoms with van der Waals surface area (Å²) in [6.07, 6.45) is 0. The average molecular weight is 596 g/mol. The maximum atomic E-state index is 7.25. The number of ether oxygens (including phenoxy) is 2. The van der Waals surface area contributed by atoms with Crippen LogP contribution in [-0.2, 0) is 0 Å². The van der Waals surface area contributed by atoms with Gasteiger partial charge in [0.2, 0.25) is 0 Å². The van der Waals surface area contributed by atoms with Crippen molar-refractivity contribution in [2.24, 2.45) is 0 Å². The smallest absolute Gasteiger partial charge is 0.139 e. The van der Waals surface area contributed by atoms with Crippen LogP contribution in [0, 0.1) is 20.8 Å². The molecule has 0 amide bonds. The Morgan fingerprint density at radius 3 is 2.07 bits per heavy atom. The standard InChI is InChI=1S/C39H30ClNO3/c1-21-12-22(2)38(23(3)13-21)26-16-33-30-10-8-28(42-4)19-35(30)41(39(33)34(40)17-26)27-7-6-24-18-36-32(15-25(24)14-27)31-11-9-29(43-5)20-37(31)44-36/h6-20H,1-5H3. The summed E-state index contributed by atoms with van der Waals surface area (Å²) in [5.74, 6) is 1.57. The second-order valence-corrected chi connectivity index (χ2v) is 12.1. The van der Waals surface area contributed by atoms with Crippen LogP contribution in [0.4, 0.5) is 0 Å². The number of aryl methyl sites for hydroxylation is 3. The minimum Gasteiger partial charge on any atom is -0.497 e. The highest BCUT2D eigenvalue weighted by atomic mass is 35.5. The Hall–Kier alpha value is -4.93. The summed E-state index contributed by atoms with van der Waals surface area (Å²) in [5.41, 5.74) is 10.8. The van der Waals surface area contributed by atoms with Crippen molar-refractivity contribution < 1.29 is 13.9 Å². The monoisotopic (exact) mass is 595 g/mol. The lowest BCUT2D eigenvalue weighted by atomic mass is 9.93. The van der Waals surface area contributed by atoms with E-state index in [1.54, 1.807) is 14.2 Å². The lowest BCUT2D eigenvalue weighted by molar-refractivity contribution is 0.414. The van der Waals surface area contributed by atoms with Crippen LogP contribution in [0.25, 0.3) is 71.3 Å². The Morgan fingerprint density at radius 1 is 0.614 bits per heavy atom. The molecular weight excluding hydrogens is 566 g/mol. The van der Waals surface area contributed by atoms with E-state index in [0.29, 0.717) is 5.02 Å². The third-order valence-corrected chi connectivity index (χ3v) is 9.16. The minimum absolute atomic E-state index is 0.706. The molecular formula is C39H30ClNO3. The van der Waals surface area contributed by atoms with Crippen molar-refractivity contribution in [3.63, 3.8) is 0 Å². The molecule has 4 nitrogen and oxygen atoms in total. The molecule has 0 bridgehead atoms. The fraction of sp³-hybridized carbons (Fsp3) is 0.128. The van der Waals surface area contributed by atoms with Gasteiger partial charge in [-0.2, -0.15) is 0 Å². The molecule has 0 saturated heterocycles. The number of benzene rings is 6. The molecule has 0 unspecified atom stereocenters. The van der Waals surface area contributed by atoms with Crippen LogP contribution in [0.2, 0.25) is 5.02 Å². The SMILES string of the molecule is COc1ccc2c(c1)oc1cc3ccc(-n4c5cc(OC)ccc5c5cc(-c6c(C)cc(C)cc6C)cc(Cl)c54)cc3cc12. The van der Waals surface area contributed by atoms with Gasteiger partial charge in [-0.25, -0.2) is 0 Å². The molecule has 8 aromatic rings. The van der Waals surface area contributed by atoms with Crippen LogP contribution < -0.4 is 9.47 Å². The van der Waals surface area contributed by atoms with Crippen LogP contribution in [-0.4, -0.2) is 18.8 Å². The summed E-state index contributed by atoms with van der Waals surface area (Å²) in [4.78, 5) is 0. The third-order valence-electron chi connectivity index (χ3n) is 8.87. The number of furan rings is 1. The quantitative estimate of drug-likeness (QED) is 0.203. The first-order chi connectivity index (χ1) is 21.3. The molecule has 6 aromatic carbocycles. The van der Waals surface area contributed by atoms with Gasteiger partial charge in [-0.3, -0.25) is 0 Å². The van der Waals surface area contributed by atoms with Crippen molar-refractivity contribution in [1.82, 2.24) is 4.57 Å². The third kappa shape index (κ3) is 3.98. The lowest BCUT2D eigenvalue weighted by Crippen LogP contribution is -1.96. The Morgan fingerprint density at radius 2 is 1.32 bits per heavy atom. The van der Waals surface area contributed by atoms with Crippen LogP contribution in [0.1, 0.15) is 16.7 Å². The van der Waals surface area contributed by atoms with Crippen molar-refractivity contribution in [1.29, 1.82) is 0 Å². The predicted molar refractivity (Wildman–Crippen MR) is 183 cm³/mol. The number of halogens is 1. The molecule has 0 aliphatic heterocycles. The zero-order chi connectivity index (χ0) is 30.3. The zero-order valence-corrected chi connectivity index (χ0v) is 26.0. The van der Waals surface area contributed by atoms with Crippen LogP contribution in [0.5, 0.6) is 11.5 Å². The van der Waals surface area contributed by atoms with Gasteiger partial charge in [0, 0.05) is 39.4 Å². The van der Waals surface area contributed by atoms with Gasteiger partial charge in [0.25, 0.3) is 0 Å². The van der Waals surface area contributed by atoms with Crippen LogP contribution in [0.3, 0.4) is 0 Å². The number of aromatic nitrogens is 1. The van der Waals surface area contributed by atoms with Crippen molar-refractivity contribution in [3.8, 4) is 28.3 Å². The van der Waals surface area contributed by atoms with Gasteiger partial charge in [-0.1, -0.05) is 35.4 Å². The molecule has 44 heavy (non-hydrogen) atoms. The molecule has 0 fully saturated rings. The normalized spacial score (nSPS) is 11.9. The minimum atomic E-state index is 0.706. The Kier molecular flexibility index (Phi) is 5.94. The van der Waals surface area contributed by atoms with Gasteiger partial charge in [-0.05, 0) is 114 Å². The summed E-state index contributed by atoms with van der Waals surface area (Å²) in [6.45, 7) is 6.49. The number of hydrogen-bond acceptors (Lipinski definition) is 3. The highest BCUT2D eigenvalue weighted by Gasteiger charge is 2.19. The number of rotatable bonds is 4. The molecule has 0 saturated carbocycles. The first kappa shape index (κ1) is 26.7. The molecule has 2 aromatic heterocycles. The van der Waals surface area contributed by atoms with E-state index in [9.17, 15) is 0 Å². The second-order valence-electron chi connectivity index (χ2n) is 11.7. The molecule has 8 rings (SSSR count). The largest absolute Gasteiger partial charge is 0.497 e. The zero-order valence-electron chi connectivity index (χ0n) is 25.2. The summed E-state index contributed by atoms with van der Waals surface area (Å²) in [5, 5.41) is 7.29. The summed E-state index contributed by atoms with van der Waals surface area (Å²) in [6, 6.07) is 31.9. The van der Waals surface area contributed by atoms with Gasteiger partial charge in [0.05, 0.1) is 30.3 Å². The Labute approximate surface area is 260 Å². The molecule has 0 aliphatic carbocycles. The molecule has 5 heteroatoms. The van der Waals surface area contributed by atoms with Gasteiger partial charge < -0.3 is 18.5 Å². The van der Waals surface area contributed by atoms with Crippen molar-refractivity contribution in [2.45, 2.75) is 20.8 Å². The van der Waals surface area contributed by atoms with Gasteiger partial charge >= 0.3 is 0 Å². The molecule has 216 valence electrons. The van der Waals surface area contributed by atoms with E-state index in [-0.39, 0.29) is 0 Å². The van der Waals surface area contributed by atoms with E-state index >= 15 is 0 Å². The van der Waals surface area contributed by atoms with E-state index in [1.807, 2.05) is 18.2 Å². The second kappa shape index (κ2) is 9.80. The first-order valence-electron chi connectivity index (χ1n) is 14.7. The fourth-order valence-corrected chi connectivity index (χ4v) is 7.31. The molecule has 0 spiro atoms. The Balaban J connectivity index is 1.40. The summed E-state index contributed by atoms with van der Waals surface area (Å²) < 4.78 is 19.6. The van der Waals surface area contributed by atoms with Gasteiger partial charge in [0.1, 0.15) is 22.7 Å². The van der Waals surface area contributed by atoms with Crippen molar-refractivity contribution in [3.05, 3.63) is 113 Å². The van der Waals surface area contributed by atoms with E-state index in [1.165, 1.54) is 22.3 Å². The van der Waals surface area contributed by atoms with E-state index in [4.69, 9.17) is 25.5 Å². The summed E-state index contributed by atoms with van der Waals surface area (Å²) in [7, 11) is 3.37. The lowest BCUT2D eigenvalue weighted by Gasteiger charge is -2.14. The molecule has 0 aliphatic rings. The van der Waals surface area contributed by atoms with E-state index in [0.717, 1.165) is 77.3 Å². The molecule has 0 atom stereocenters. The van der Waals surface area contributed by atoms with Gasteiger partial charge in [0.15, 0.2) is 0 Å². The Bertz CT molecular complexity index is 2440. The summed E-state index contributed by atoms with van der Waals surface area (Å²) >= 11 is 7.25. The number of hydrogen-bond donors (Lipinski definition) is 0. The number of fused-ring (bicyclic) bond motifs is 7. The fourth-order valence-electron chi connectivity index (χ4n) is 7.00. The molecule has 0 radical (unpaired) electrons. The number of nitrogens with zero attached hydrogens (tertiary/aromatic N) is 1. The van der Waals surface area contributed by atoms with Crippen LogP contribution in [0.15, 0.2) is 95.4 Å². The predicted octanol–water partition coefficient (Wildman–Crippen LogP) is 11.1. The maximum absolute atomic E-state index is 7.25.